The number of para-hydroxylation sites is 1. The third-order valence-corrected chi connectivity index (χ3v) is 8.46. The first-order valence-corrected chi connectivity index (χ1v) is 12.9. The number of nitrogens with zero attached hydrogens (tertiary/aromatic N) is 3. The minimum absolute atomic E-state index is 0.0564. The van der Waals surface area contributed by atoms with E-state index in [2.05, 4.69) is 21.1 Å². The Labute approximate surface area is 218 Å². The van der Waals surface area contributed by atoms with Gasteiger partial charge in [0.05, 0.1) is 34.3 Å². The van der Waals surface area contributed by atoms with Gasteiger partial charge in [-0.05, 0) is 61.2 Å². The summed E-state index contributed by atoms with van der Waals surface area (Å²) in [5, 5.41) is 12.8. The van der Waals surface area contributed by atoms with Gasteiger partial charge < -0.3 is 10.1 Å². The maximum atomic E-state index is 14.0. The van der Waals surface area contributed by atoms with Gasteiger partial charge in [0.2, 0.25) is 0 Å². The molecule has 2 aromatic carbocycles. The van der Waals surface area contributed by atoms with Gasteiger partial charge in [0, 0.05) is 5.56 Å². The van der Waals surface area contributed by atoms with E-state index in [9.17, 15) is 40.0 Å². The zero-order chi connectivity index (χ0) is 28.2. The quantitative estimate of drug-likeness (QED) is 0.366. The number of fused-ring (bicyclic) bond motifs is 2. The van der Waals surface area contributed by atoms with Crippen LogP contribution in [0, 0.1) is 11.3 Å². The summed E-state index contributed by atoms with van der Waals surface area (Å²) < 4.78 is 111. The van der Waals surface area contributed by atoms with Crippen molar-refractivity contribution in [2.75, 3.05) is 9.62 Å². The van der Waals surface area contributed by atoms with Crippen LogP contribution in [-0.2, 0) is 28.2 Å². The van der Waals surface area contributed by atoms with E-state index in [0.29, 0.717) is 18.4 Å². The summed E-state index contributed by atoms with van der Waals surface area (Å²) in [6, 6.07) is 12.3. The number of sulfonamides is 1. The molecule has 1 aliphatic carbocycles. The molecule has 0 atom stereocenters. The molecule has 0 unspecified atom stereocenters. The topological polar surface area (TPSA) is 95.3 Å². The monoisotopic (exact) mass is 568 g/mol. The molecule has 0 spiro atoms. The van der Waals surface area contributed by atoms with Crippen LogP contribution in [0.15, 0.2) is 59.5 Å². The molecule has 2 aliphatic rings. The minimum Gasteiger partial charge on any atom is -0.406 e. The van der Waals surface area contributed by atoms with Gasteiger partial charge >= 0.3 is 12.5 Å². The third-order valence-electron chi connectivity index (χ3n) is 6.70. The fourth-order valence-electron chi connectivity index (χ4n) is 4.66. The van der Waals surface area contributed by atoms with Crippen molar-refractivity contribution in [3.8, 4) is 11.8 Å². The van der Waals surface area contributed by atoms with Crippen LogP contribution in [-0.4, -0.2) is 19.8 Å². The standard InChI is InChI=1S/C25H18F6N4O3S/c26-24(27,28)20-10-5-15-13-35(39(36,37)17-8-6-16(7-9-17)38-25(29,30)31)21-18(23(14-32)11-2-12-23)3-1-4-19(21)33-22(15)34-20/h1,3-10H,2,11-13H2,(H,33,34). The van der Waals surface area contributed by atoms with Crippen molar-refractivity contribution in [1.82, 2.24) is 4.98 Å². The molecule has 3 aromatic rings. The molecule has 14 heteroatoms. The van der Waals surface area contributed by atoms with Crippen LogP contribution in [0.25, 0.3) is 0 Å². The van der Waals surface area contributed by atoms with Gasteiger partial charge in [0.25, 0.3) is 10.0 Å². The van der Waals surface area contributed by atoms with Crippen LogP contribution in [0.4, 0.5) is 43.5 Å². The molecule has 204 valence electrons. The average Bonchev–Trinajstić information content (AvgIpc) is 2.99. The number of rotatable bonds is 4. The first kappa shape index (κ1) is 26.6. The fourth-order valence-corrected chi connectivity index (χ4v) is 6.14. The summed E-state index contributed by atoms with van der Waals surface area (Å²) in [5.74, 6) is -0.846. The summed E-state index contributed by atoms with van der Waals surface area (Å²) in [4.78, 5) is 3.29. The fraction of sp³-hybridized carbons (Fsp3) is 0.280. The molecule has 7 nitrogen and oxygen atoms in total. The maximum Gasteiger partial charge on any atom is 0.573 e. The van der Waals surface area contributed by atoms with E-state index in [1.54, 1.807) is 12.1 Å². The van der Waals surface area contributed by atoms with Crippen molar-refractivity contribution in [2.45, 2.75) is 48.7 Å². The number of anilines is 3. The Morgan fingerprint density at radius 2 is 1.69 bits per heavy atom. The molecule has 0 saturated heterocycles. The maximum absolute atomic E-state index is 14.0. The van der Waals surface area contributed by atoms with Crippen LogP contribution in [0.3, 0.4) is 0 Å². The zero-order valence-electron chi connectivity index (χ0n) is 19.8. The first-order valence-electron chi connectivity index (χ1n) is 11.5. The van der Waals surface area contributed by atoms with Crippen LogP contribution < -0.4 is 14.4 Å². The SMILES string of the molecule is N#CC1(c2cccc3c2N(S(=O)(=O)c2ccc(OC(F)(F)F)cc2)Cc2ccc(C(F)(F)F)nc2N3)CCC1. The second kappa shape index (κ2) is 9.04. The normalized spacial score (nSPS) is 16.6. The highest BCUT2D eigenvalue weighted by molar-refractivity contribution is 7.92. The van der Waals surface area contributed by atoms with Crippen LogP contribution >= 0.6 is 0 Å². The van der Waals surface area contributed by atoms with Crippen LogP contribution in [0.5, 0.6) is 5.75 Å². The van der Waals surface area contributed by atoms with E-state index in [1.165, 1.54) is 6.07 Å². The van der Waals surface area contributed by atoms with Gasteiger partial charge in [0.1, 0.15) is 17.3 Å². The number of hydrogen-bond donors (Lipinski definition) is 1. The van der Waals surface area contributed by atoms with Crippen molar-refractivity contribution >= 4 is 27.2 Å². The molecule has 1 aromatic heterocycles. The summed E-state index contributed by atoms with van der Waals surface area (Å²) in [5.41, 5.74) is -1.56. The lowest BCUT2D eigenvalue weighted by Crippen LogP contribution is -2.37. The smallest absolute Gasteiger partial charge is 0.406 e. The van der Waals surface area contributed by atoms with E-state index >= 15 is 0 Å². The number of aromatic nitrogens is 1. The predicted molar refractivity (Wildman–Crippen MR) is 127 cm³/mol. The molecular formula is C25H18F6N4O3S. The van der Waals surface area contributed by atoms with E-state index in [1.807, 2.05) is 0 Å². The van der Waals surface area contributed by atoms with E-state index in [0.717, 1.165) is 47.1 Å². The number of hydrogen-bond acceptors (Lipinski definition) is 6. The van der Waals surface area contributed by atoms with Crippen molar-refractivity contribution in [2.24, 2.45) is 0 Å². The minimum atomic E-state index is -4.98. The molecular weight excluding hydrogens is 550 g/mol. The molecule has 1 fully saturated rings. The predicted octanol–water partition coefficient (Wildman–Crippen LogP) is 6.40. The van der Waals surface area contributed by atoms with Gasteiger partial charge in [-0.15, -0.1) is 13.2 Å². The molecule has 0 bridgehead atoms. The first-order chi connectivity index (χ1) is 18.2. The van der Waals surface area contributed by atoms with Crippen LogP contribution in [0.2, 0.25) is 0 Å². The lowest BCUT2D eigenvalue weighted by atomic mass is 9.65. The highest BCUT2D eigenvalue weighted by Crippen LogP contribution is 2.51. The number of nitriles is 1. The summed E-state index contributed by atoms with van der Waals surface area (Å²) in [6.07, 6.45) is -8.13. The Morgan fingerprint density at radius 1 is 1.00 bits per heavy atom. The van der Waals surface area contributed by atoms with E-state index < -0.39 is 46.0 Å². The third kappa shape index (κ3) is 4.82. The van der Waals surface area contributed by atoms with Crippen LogP contribution in [0.1, 0.15) is 36.1 Å². The second-order valence-corrected chi connectivity index (χ2v) is 11.0. The largest absolute Gasteiger partial charge is 0.573 e. The molecule has 1 N–H and O–H groups in total. The Hall–Kier alpha value is -3.99. The average molecular weight is 568 g/mol. The Bertz CT molecular complexity index is 1580. The molecule has 2 heterocycles. The highest BCUT2D eigenvalue weighted by Gasteiger charge is 2.44. The van der Waals surface area contributed by atoms with Crippen molar-refractivity contribution < 1.29 is 39.5 Å². The lowest BCUT2D eigenvalue weighted by molar-refractivity contribution is -0.274. The van der Waals surface area contributed by atoms with E-state index in [4.69, 9.17) is 0 Å². The molecule has 1 aliphatic heterocycles. The Kier molecular flexibility index (Phi) is 6.17. The van der Waals surface area contributed by atoms with Gasteiger partial charge in [-0.1, -0.05) is 18.2 Å². The van der Waals surface area contributed by atoms with Crippen molar-refractivity contribution in [3.63, 3.8) is 0 Å². The molecule has 5 rings (SSSR count). The lowest BCUT2D eigenvalue weighted by Gasteiger charge is -2.39. The van der Waals surface area contributed by atoms with Crippen molar-refractivity contribution in [3.05, 3.63) is 71.4 Å². The number of alkyl halides is 6. The zero-order valence-corrected chi connectivity index (χ0v) is 20.6. The van der Waals surface area contributed by atoms with Crippen molar-refractivity contribution in [1.29, 1.82) is 5.26 Å². The molecule has 0 amide bonds. The number of nitrogens with one attached hydrogen (secondary N) is 1. The summed E-state index contributed by atoms with van der Waals surface area (Å²) in [6.45, 7) is -0.456. The van der Waals surface area contributed by atoms with Gasteiger partial charge in [-0.25, -0.2) is 13.4 Å². The van der Waals surface area contributed by atoms with Gasteiger partial charge in [-0.3, -0.25) is 4.31 Å². The number of ether oxygens (including phenoxy) is 1. The molecule has 39 heavy (non-hydrogen) atoms. The number of halogens is 6. The summed E-state index contributed by atoms with van der Waals surface area (Å²) >= 11 is 0. The number of pyridine rings is 1. The molecule has 0 radical (unpaired) electrons. The Morgan fingerprint density at radius 3 is 2.26 bits per heavy atom. The Balaban J connectivity index is 1.68. The van der Waals surface area contributed by atoms with Gasteiger partial charge in [-0.2, -0.15) is 18.4 Å². The number of benzene rings is 2. The van der Waals surface area contributed by atoms with E-state index in [-0.39, 0.29) is 27.7 Å². The molecule has 1 saturated carbocycles. The van der Waals surface area contributed by atoms with Gasteiger partial charge in [0.15, 0.2) is 0 Å². The highest BCUT2D eigenvalue weighted by atomic mass is 32.2. The summed E-state index contributed by atoms with van der Waals surface area (Å²) in [7, 11) is -4.52. The second-order valence-electron chi connectivity index (χ2n) is 9.11.